The molecule has 18 heteroatoms. The number of halogens is 2. The van der Waals surface area contributed by atoms with Crippen LogP contribution in [0.15, 0.2) is 152 Å². The van der Waals surface area contributed by atoms with E-state index in [2.05, 4.69) is 62.4 Å². The van der Waals surface area contributed by atoms with Crippen LogP contribution in [0.2, 0.25) is 0 Å². The molecular weight excluding hydrogens is 898 g/mol. The maximum absolute atomic E-state index is 12.3. The first-order chi connectivity index (χ1) is 27.4. The minimum Gasteiger partial charge on any atom is -0.340 e. The van der Waals surface area contributed by atoms with Crippen molar-refractivity contribution in [3.63, 3.8) is 0 Å². The lowest BCUT2D eigenvalue weighted by Crippen LogP contribution is -2.24. The zero-order valence-corrected chi connectivity index (χ0v) is 34.8. The van der Waals surface area contributed by atoms with E-state index in [9.17, 15) is 16.8 Å². The van der Waals surface area contributed by atoms with Crippen LogP contribution in [0.4, 0.5) is 23.0 Å². The highest BCUT2D eigenvalue weighted by Crippen LogP contribution is 2.30. The quantitative estimate of drug-likeness (QED) is 0.0910. The van der Waals surface area contributed by atoms with Gasteiger partial charge < -0.3 is 10.6 Å². The molecule has 4 aromatic carbocycles. The van der Waals surface area contributed by atoms with E-state index in [0.29, 0.717) is 35.2 Å². The van der Waals surface area contributed by atoms with E-state index in [1.165, 1.54) is 12.1 Å². The fourth-order valence-electron chi connectivity index (χ4n) is 5.61. The molecule has 0 radical (unpaired) electrons. The Morgan fingerprint density at radius 1 is 0.614 bits per heavy atom. The number of anilines is 4. The zero-order valence-electron chi connectivity index (χ0n) is 30.0. The van der Waals surface area contributed by atoms with Crippen molar-refractivity contribution in [1.29, 1.82) is 0 Å². The normalized spacial score (nSPS) is 11.6. The second-order valence-electron chi connectivity index (χ2n) is 12.4. The Labute approximate surface area is 345 Å². The molecule has 290 valence electrons. The molecule has 0 saturated heterocycles. The highest BCUT2D eigenvalue weighted by molar-refractivity contribution is 9.11. The number of nitrogens with one attached hydrogen (secondary N) is 3. The van der Waals surface area contributed by atoms with E-state index in [-0.39, 0.29) is 9.79 Å². The van der Waals surface area contributed by atoms with E-state index in [4.69, 9.17) is 9.54 Å². The largest absolute Gasteiger partial charge is 0.340 e. The van der Waals surface area contributed by atoms with Gasteiger partial charge in [0.25, 0.3) is 10.1 Å². The number of fused-ring (bicyclic) bond motifs is 2. The van der Waals surface area contributed by atoms with Crippen molar-refractivity contribution < 1.29 is 21.4 Å². The third kappa shape index (κ3) is 9.22. The Kier molecular flexibility index (Phi) is 11.8. The summed E-state index contributed by atoms with van der Waals surface area (Å²) in [6, 6.07) is 35.8. The smallest absolute Gasteiger partial charge is 0.294 e. The predicted octanol–water partition coefficient (Wildman–Crippen LogP) is 8.74. The average molecular weight is 932 g/mol. The average Bonchev–Trinajstić information content (AvgIpc) is 3.79. The highest BCUT2D eigenvalue weighted by Gasteiger charge is 2.16. The minimum atomic E-state index is -4.23. The van der Waals surface area contributed by atoms with Gasteiger partial charge in [-0.3, -0.25) is 4.55 Å². The topological polar surface area (TPSA) is 185 Å². The molecule has 0 aliphatic heterocycles. The molecular formula is C39H33Br2N9O5S2. The summed E-state index contributed by atoms with van der Waals surface area (Å²) >= 11 is 6.95. The van der Waals surface area contributed by atoms with E-state index in [1.54, 1.807) is 57.8 Å². The van der Waals surface area contributed by atoms with Crippen LogP contribution in [0.3, 0.4) is 0 Å². The third-order valence-corrected chi connectivity index (χ3v) is 11.9. The van der Waals surface area contributed by atoms with Gasteiger partial charge >= 0.3 is 0 Å². The number of aromatic nitrogens is 6. The van der Waals surface area contributed by atoms with Gasteiger partial charge in [0.15, 0.2) is 11.3 Å². The molecule has 0 amide bonds. The summed E-state index contributed by atoms with van der Waals surface area (Å²) in [5.41, 5.74) is 6.21. The molecule has 0 atom stereocenters. The van der Waals surface area contributed by atoms with Gasteiger partial charge in [-0.15, -0.1) is 0 Å². The lowest BCUT2D eigenvalue weighted by atomic mass is 10.1. The van der Waals surface area contributed by atoms with Crippen molar-refractivity contribution in [3.05, 3.63) is 143 Å². The molecule has 0 unspecified atom stereocenters. The van der Waals surface area contributed by atoms with Gasteiger partial charge in [-0.2, -0.15) is 27.6 Å². The minimum absolute atomic E-state index is 0.167. The van der Waals surface area contributed by atoms with Crippen molar-refractivity contribution in [2.45, 2.75) is 23.1 Å². The SMILES string of the molecule is CCCNS(=O)(=O)c1ccc(Nc2cc(-c3ccccc3)nc3c(Br)cnn23)cc1.O=S(=O)(O)c1ccc(Nc2cc(-c3ccccc3)nc3c(Br)cnn23)cc1. The zero-order chi connectivity index (χ0) is 40.2. The Balaban J connectivity index is 0.000000175. The Morgan fingerprint density at radius 3 is 1.44 bits per heavy atom. The lowest BCUT2D eigenvalue weighted by Gasteiger charge is -2.12. The summed E-state index contributed by atoms with van der Waals surface area (Å²) < 4.78 is 63.5. The van der Waals surface area contributed by atoms with E-state index in [0.717, 1.165) is 43.6 Å². The number of rotatable bonds is 11. The van der Waals surface area contributed by atoms with Crippen molar-refractivity contribution in [3.8, 4) is 22.5 Å². The van der Waals surface area contributed by atoms with Crippen LogP contribution in [0, 0.1) is 0 Å². The van der Waals surface area contributed by atoms with Crippen LogP contribution in [0.1, 0.15) is 13.3 Å². The van der Waals surface area contributed by atoms with Crippen LogP contribution >= 0.6 is 31.9 Å². The number of nitrogens with zero attached hydrogens (tertiary/aromatic N) is 6. The standard InChI is InChI=1S/C21H20BrN5O2S.C18H13BrN4O3S/c1-2-12-24-30(28,29)17-10-8-16(9-11-17)25-20-13-19(15-6-4-3-5-7-15)26-21-18(22)14-23-27(20)21;19-15-11-20-23-17(21-13-6-8-14(9-7-13)27(24,25)26)10-16(22-18(15)23)12-4-2-1-3-5-12/h3-11,13-14,24-25H,2,12H2,1H3;1-11,21H,(H,24,25,26). The van der Waals surface area contributed by atoms with Crippen molar-refractivity contribution in [2.75, 3.05) is 17.2 Å². The van der Waals surface area contributed by atoms with Crippen molar-refractivity contribution in [2.24, 2.45) is 0 Å². The monoisotopic (exact) mass is 929 g/mol. The van der Waals surface area contributed by atoms with E-state index >= 15 is 0 Å². The number of sulfonamides is 1. The van der Waals surface area contributed by atoms with Gasteiger partial charge in [0.2, 0.25) is 10.0 Å². The lowest BCUT2D eigenvalue weighted by molar-refractivity contribution is 0.483. The summed E-state index contributed by atoms with van der Waals surface area (Å²) in [6.07, 6.45) is 4.08. The molecule has 0 aliphatic carbocycles. The molecule has 4 aromatic heterocycles. The molecule has 0 fully saturated rings. The van der Waals surface area contributed by atoms with Gasteiger partial charge in [0.05, 0.1) is 42.5 Å². The molecule has 57 heavy (non-hydrogen) atoms. The van der Waals surface area contributed by atoms with Crippen molar-refractivity contribution >= 4 is 86.3 Å². The van der Waals surface area contributed by atoms with Gasteiger partial charge in [0.1, 0.15) is 11.6 Å². The molecule has 0 aliphatic rings. The molecule has 8 aromatic rings. The van der Waals surface area contributed by atoms with Crippen molar-refractivity contribution in [1.82, 2.24) is 33.9 Å². The first kappa shape index (κ1) is 39.7. The van der Waals surface area contributed by atoms with Crippen LogP contribution < -0.4 is 15.4 Å². The molecule has 0 spiro atoms. The summed E-state index contributed by atoms with van der Waals surface area (Å²) in [5, 5.41) is 15.2. The summed E-state index contributed by atoms with van der Waals surface area (Å²) in [5.74, 6) is 1.37. The van der Waals surface area contributed by atoms with Gasteiger partial charge in [0, 0.05) is 41.2 Å². The van der Waals surface area contributed by atoms with Crippen LogP contribution in [-0.4, -0.2) is 57.1 Å². The molecule has 14 nitrogen and oxygen atoms in total. The fourth-order valence-corrected chi connectivity index (χ4v) is 7.92. The second-order valence-corrected chi connectivity index (χ2v) is 17.3. The molecule has 4 heterocycles. The Morgan fingerprint density at radius 2 is 1.04 bits per heavy atom. The first-order valence-electron chi connectivity index (χ1n) is 17.3. The summed E-state index contributed by atoms with van der Waals surface area (Å²) in [6.45, 7) is 2.33. The van der Waals surface area contributed by atoms with E-state index < -0.39 is 20.1 Å². The Hall–Kier alpha value is -5.50. The predicted molar refractivity (Wildman–Crippen MR) is 227 cm³/mol. The number of hydrogen-bond donors (Lipinski definition) is 4. The molecule has 0 bridgehead atoms. The Bertz CT molecular complexity index is 2900. The fraction of sp³-hybridized carbons (Fsp3) is 0.0769. The molecule has 8 rings (SSSR count). The van der Waals surface area contributed by atoms with Crippen LogP contribution in [0.5, 0.6) is 0 Å². The maximum Gasteiger partial charge on any atom is 0.294 e. The van der Waals surface area contributed by atoms with Gasteiger partial charge in [-0.25, -0.2) is 23.1 Å². The third-order valence-electron chi connectivity index (χ3n) is 8.40. The van der Waals surface area contributed by atoms with Gasteiger partial charge in [-0.05, 0) is 86.8 Å². The van der Waals surface area contributed by atoms with Gasteiger partial charge in [-0.1, -0.05) is 67.6 Å². The highest BCUT2D eigenvalue weighted by atomic mass is 79.9. The summed E-state index contributed by atoms with van der Waals surface area (Å²) in [7, 11) is -7.73. The van der Waals surface area contributed by atoms with E-state index in [1.807, 2.05) is 79.7 Å². The maximum atomic E-state index is 12.3. The van der Waals surface area contributed by atoms with Crippen LogP contribution in [0.25, 0.3) is 33.8 Å². The molecule has 0 saturated carbocycles. The number of hydrogen-bond acceptors (Lipinski definition) is 10. The molecule has 4 N–H and O–H groups in total. The first-order valence-corrected chi connectivity index (χ1v) is 21.8. The second kappa shape index (κ2) is 16.9. The number of benzene rings is 4. The van der Waals surface area contributed by atoms with Crippen LogP contribution in [-0.2, 0) is 20.1 Å². The summed E-state index contributed by atoms with van der Waals surface area (Å²) in [4.78, 5) is 9.43.